The first-order valence-electron chi connectivity index (χ1n) is 6.15. The molecule has 1 rings (SSSR count). The third-order valence-electron chi connectivity index (χ3n) is 3.36. The van der Waals surface area contributed by atoms with Crippen LogP contribution in [0, 0.1) is 5.92 Å². The molecule has 0 aromatic heterocycles. The minimum atomic E-state index is -0.246. The quantitative estimate of drug-likeness (QED) is 0.694. The van der Waals surface area contributed by atoms with Gasteiger partial charge in [-0.1, -0.05) is 12.8 Å². The summed E-state index contributed by atoms with van der Waals surface area (Å²) in [6.07, 6.45) is 5.24. The monoisotopic (exact) mass is 214 g/mol. The first-order valence-corrected chi connectivity index (χ1v) is 6.15. The number of rotatable bonds is 6. The molecule has 0 amide bonds. The van der Waals surface area contributed by atoms with Crippen LogP contribution in [-0.2, 0) is 0 Å². The van der Waals surface area contributed by atoms with Gasteiger partial charge in [-0.15, -0.1) is 0 Å². The molecule has 0 radical (unpaired) electrons. The van der Waals surface area contributed by atoms with Crippen LogP contribution in [0.1, 0.15) is 32.6 Å². The molecule has 0 aromatic rings. The van der Waals surface area contributed by atoms with Crippen LogP contribution in [0.4, 0.5) is 0 Å². The Morgan fingerprint density at radius 2 is 1.93 bits per heavy atom. The van der Waals surface area contributed by atoms with Crippen LogP contribution >= 0.6 is 0 Å². The number of hydrogen-bond acceptors (Lipinski definition) is 3. The van der Waals surface area contributed by atoms with Crippen LogP contribution in [-0.4, -0.2) is 49.3 Å². The largest absolute Gasteiger partial charge is 0.390 e. The average Bonchev–Trinajstić information content (AvgIpc) is 2.65. The van der Waals surface area contributed by atoms with Crippen LogP contribution in [0.15, 0.2) is 0 Å². The summed E-state index contributed by atoms with van der Waals surface area (Å²) in [7, 11) is 3.98. The molecule has 1 unspecified atom stereocenters. The fourth-order valence-electron chi connectivity index (χ4n) is 2.43. The summed E-state index contributed by atoms with van der Waals surface area (Å²) in [6.45, 7) is 3.71. The van der Waals surface area contributed by atoms with Gasteiger partial charge in [-0.3, -0.25) is 0 Å². The van der Waals surface area contributed by atoms with E-state index in [1.54, 1.807) is 0 Å². The van der Waals surface area contributed by atoms with Gasteiger partial charge in [-0.2, -0.15) is 0 Å². The van der Waals surface area contributed by atoms with E-state index in [9.17, 15) is 5.11 Å². The summed E-state index contributed by atoms with van der Waals surface area (Å²) in [5.74, 6) is 0.830. The lowest BCUT2D eigenvalue weighted by Crippen LogP contribution is -2.41. The lowest BCUT2D eigenvalue weighted by Gasteiger charge is -2.23. The molecule has 3 nitrogen and oxygen atoms in total. The van der Waals surface area contributed by atoms with Gasteiger partial charge >= 0.3 is 0 Å². The standard InChI is InChI=1S/C12H26N2O/c1-10(11-6-4-5-7-11)13-8-12(15)9-14(2)3/h10-13,15H,4-9H2,1-3H3/t10-,12?/m1/s1. The molecule has 1 fully saturated rings. The van der Waals surface area contributed by atoms with Crippen molar-refractivity contribution < 1.29 is 5.11 Å². The molecular formula is C12H26N2O. The predicted molar refractivity (Wildman–Crippen MR) is 64.0 cm³/mol. The van der Waals surface area contributed by atoms with E-state index in [0.717, 1.165) is 19.0 Å². The maximum atomic E-state index is 9.71. The van der Waals surface area contributed by atoms with E-state index in [2.05, 4.69) is 12.2 Å². The summed E-state index contributed by atoms with van der Waals surface area (Å²) < 4.78 is 0. The van der Waals surface area contributed by atoms with Crippen LogP contribution in [0.2, 0.25) is 0 Å². The maximum absolute atomic E-state index is 9.71. The Hall–Kier alpha value is -0.120. The second-order valence-corrected chi connectivity index (χ2v) is 5.16. The summed E-state index contributed by atoms with van der Waals surface area (Å²) in [6, 6.07) is 0.560. The van der Waals surface area contributed by atoms with Crippen molar-refractivity contribution in [3.05, 3.63) is 0 Å². The van der Waals surface area contributed by atoms with Crippen molar-refractivity contribution in [3.8, 4) is 0 Å². The Labute approximate surface area is 93.9 Å². The lowest BCUT2D eigenvalue weighted by molar-refractivity contribution is 0.129. The number of aliphatic hydroxyl groups is 1. The molecule has 2 atom stereocenters. The fourth-order valence-corrected chi connectivity index (χ4v) is 2.43. The molecule has 2 N–H and O–H groups in total. The van der Waals surface area contributed by atoms with Crippen molar-refractivity contribution in [2.75, 3.05) is 27.2 Å². The molecule has 1 aliphatic carbocycles. The van der Waals surface area contributed by atoms with E-state index >= 15 is 0 Å². The Morgan fingerprint density at radius 1 is 1.33 bits per heavy atom. The highest BCUT2D eigenvalue weighted by Crippen LogP contribution is 2.27. The molecule has 0 heterocycles. The van der Waals surface area contributed by atoms with Gasteiger partial charge in [0.1, 0.15) is 0 Å². The van der Waals surface area contributed by atoms with E-state index in [-0.39, 0.29) is 6.10 Å². The Morgan fingerprint density at radius 3 is 2.47 bits per heavy atom. The summed E-state index contributed by atoms with van der Waals surface area (Å²) in [5, 5.41) is 13.2. The van der Waals surface area contributed by atoms with Gasteiger partial charge in [0.15, 0.2) is 0 Å². The molecule has 0 aliphatic heterocycles. The minimum absolute atomic E-state index is 0.246. The number of nitrogens with one attached hydrogen (secondary N) is 1. The average molecular weight is 214 g/mol. The number of hydrogen-bond donors (Lipinski definition) is 2. The predicted octanol–water partition coefficient (Wildman–Crippen LogP) is 1.08. The molecular weight excluding hydrogens is 188 g/mol. The highest BCUT2D eigenvalue weighted by molar-refractivity contribution is 4.78. The lowest BCUT2D eigenvalue weighted by atomic mass is 10.00. The SMILES string of the molecule is C[C@@H](NCC(O)CN(C)C)C1CCCC1. The summed E-state index contributed by atoms with van der Waals surface area (Å²) in [5.41, 5.74) is 0. The number of likely N-dealkylation sites (N-methyl/N-ethyl adjacent to an activating group) is 1. The van der Waals surface area contributed by atoms with Gasteiger partial charge in [0, 0.05) is 19.1 Å². The summed E-state index contributed by atoms with van der Waals surface area (Å²) in [4.78, 5) is 2.02. The zero-order valence-corrected chi connectivity index (χ0v) is 10.4. The van der Waals surface area contributed by atoms with E-state index in [4.69, 9.17) is 0 Å². The third-order valence-corrected chi connectivity index (χ3v) is 3.36. The zero-order valence-electron chi connectivity index (χ0n) is 10.4. The van der Waals surface area contributed by atoms with Gasteiger partial charge in [-0.25, -0.2) is 0 Å². The molecule has 90 valence electrons. The molecule has 0 bridgehead atoms. The van der Waals surface area contributed by atoms with Crippen LogP contribution in [0.25, 0.3) is 0 Å². The van der Waals surface area contributed by atoms with Crippen LogP contribution in [0.5, 0.6) is 0 Å². The second kappa shape index (κ2) is 6.46. The molecule has 1 saturated carbocycles. The van der Waals surface area contributed by atoms with Crippen LogP contribution < -0.4 is 5.32 Å². The Balaban J connectivity index is 2.12. The van der Waals surface area contributed by atoms with Gasteiger partial charge in [0.2, 0.25) is 0 Å². The molecule has 15 heavy (non-hydrogen) atoms. The Bertz CT molecular complexity index is 167. The van der Waals surface area contributed by atoms with Gasteiger partial charge < -0.3 is 15.3 Å². The number of aliphatic hydroxyl groups excluding tert-OH is 1. The van der Waals surface area contributed by atoms with Crippen LogP contribution in [0.3, 0.4) is 0 Å². The van der Waals surface area contributed by atoms with Crippen molar-refractivity contribution in [3.63, 3.8) is 0 Å². The topological polar surface area (TPSA) is 35.5 Å². The van der Waals surface area contributed by atoms with Crippen molar-refractivity contribution in [1.29, 1.82) is 0 Å². The van der Waals surface area contributed by atoms with Crippen molar-refractivity contribution in [2.45, 2.75) is 44.8 Å². The fraction of sp³-hybridized carbons (Fsp3) is 1.00. The smallest absolute Gasteiger partial charge is 0.0791 e. The first kappa shape index (κ1) is 12.9. The molecule has 0 saturated heterocycles. The maximum Gasteiger partial charge on any atom is 0.0791 e. The molecule has 3 heteroatoms. The van der Waals surface area contributed by atoms with E-state index in [0.29, 0.717) is 6.04 Å². The van der Waals surface area contributed by atoms with Gasteiger partial charge in [-0.05, 0) is 39.8 Å². The Kier molecular flexibility index (Phi) is 5.58. The van der Waals surface area contributed by atoms with Crippen molar-refractivity contribution >= 4 is 0 Å². The van der Waals surface area contributed by atoms with Crippen molar-refractivity contribution in [1.82, 2.24) is 10.2 Å². The van der Waals surface area contributed by atoms with Crippen molar-refractivity contribution in [2.24, 2.45) is 5.92 Å². The minimum Gasteiger partial charge on any atom is -0.390 e. The normalized spacial score (nSPS) is 22.2. The van der Waals surface area contributed by atoms with Gasteiger partial charge in [0.25, 0.3) is 0 Å². The second-order valence-electron chi connectivity index (χ2n) is 5.16. The number of nitrogens with zero attached hydrogens (tertiary/aromatic N) is 1. The molecule has 0 spiro atoms. The highest BCUT2D eigenvalue weighted by atomic mass is 16.3. The molecule has 0 aromatic carbocycles. The first-order chi connectivity index (χ1) is 7.09. The van der Waals surface area contributed by atoms with E-state index in [1.807, 2.05) is 19.0 Å². The van der Waals surface area contributed by atoms with Gasteiger partial charge in [0.05, 0.1) is 6.10 Å². The molecule has 1 aliphatic rings. The zero-order chi connectivity index (χ0) is 11.3. The summed E-state index contributed by atoms with van der Waals surface area (Å²) >= 11 is 0. The van der Waals surface area contributed by atoms with E-state index < -0.39 is 0 Å². The highest BCUT2D eigenvalue weighted by Gasteiger charge is 2.21. The van der Waals surface area contributed by atoms with E-state index in [1.165, 1.54) is 25.7 Å². The third kappa shape index (κ3) is 4.96.